The predicted octanol–water partition coefficient (Wildman–Crippen LogP) is 6.89. The first kappa shape index (κ1) is 26.6. The van der Waals surface area contributed by atoms with Crippen LogP contribution in [0.5, 0.6) is 0 Å². The Morgan fingerprint density at radius 1 is 1.23 bits per heavy atom. The minimum Gasteiger partial charge on any atom is -0.449 e. The summed E-state index contributed by atoms with van der Waals surface area (Å²) in [5.41, 5.74) is 4.48. The number of aromatic nitrogens is 2. The van der Waals surface area contributed by atoms with Crippen LogP contribution in [-0.2, 0) is 22.4 Å². The Morgan fingerprint density at radius 3 is 2.69 bits per heavy atom. The molecular weight excluding hydrogens is 508 g/mol. The van der Waals surface area contributed by atoms with Crippen LogP contribution in [0.1, 0.15) is 66.9 Å². The first-order valence-corrected chi connectivity index (χ1v) is 14.1. The lowest BCUT2D eigenvalue weighted by atomic mass is 9.72. The molecule has 0 spiro atoms. The van der Waals surface area contributed by atoms with Gasteiger partial charge in [-0.15, -0.1) is 11.3 Å². The van der Waals surface area contributed by atoms with Crippen LogP contribution in [0.4, 0.5) is 5.00 Å². The van der Waals surface area contributed by atoms with Gasteiger partial charge in [0, 0.05) is 10.4 Å². The number of imidazole rings is 1. The van der Waals surface area contributed by atoms with Crippen molar-refractivity contribution in [2.24, 2.45) is 11.3 Å². The van der Waals surface area contributed by atoms with Crippen molar-refractivity contribution in [3.05, 3.63) is 70.1 Å². The fraction of sp³-hybridized carbons (Fsp3) is 0.355. The quantitative estimate of drug-likeness (QED) is 0.259. The molecule has 2 aromatic carbocycles. The number of H-pyrrole nitrogens is 1. The van der Waals surface area contributed by atoms with Gasteiger partial charge in [0.25, 0.3) is 5.91 Å². The lowest BCUT2D eigenvalue weighted by molar-refractivity contribution is -0.124. The van der Waals surface area contributed by atoms with E-state index in [9.17, 15) is 14.9 Å². The van der Waals surface area contributed by atoms with Gasteiger partial charge in [-0.25, -0.2) is 9.78 Å². The number of anilines is 1. The molecule has 2 heterocycles. The Labute approximate surface area is 232 Å². The number of aromatic amines is 1. The number of benzene rings is 2. The Balaban J connectivity index is 1.30. The number of hydrogen-bond donors (Lipinski definition) is 2. The second-order valence-electron chi connectivity index (χ2n) is 11.1. The van der Waals surface area contributed by atoms with Crippen molar-refractivity contribution in [3.63, 3.8) is 0 Å². The number of esters is 1. The highest BCUT2D eigenvalue weighted by Gasteiger charge is 2.33. The highest BCUT2D eigenvalue weighted by Crippen LogP contribution is 2.44. The van der Waals surface area contributed by atoms with Gasteiger partial charge in [-0.05, 0) is 60.8 Å². The van der Waals surface area contributed by atoms with Crippen LogP contribution in [0, 0.1) is 22.7 Å². The van der Waals surface area contributed by atoms with E-state index in [4.69, 9.17) is 4.74 Å². The summed E-state index contributed by atoms with van der Waals surface area (Å²) in [5.74, 6) is 0.220. The molecule has 0 saturated heterocycles. The monoisotopic (exact) mass is 540 g/mol. The van der Waals surface area contributed by atoms with Crippen molar-refractivity contribution in [2.75, 3.05) is 5.32 Å². The minimum absolute atomic E-state index is 0.182. The number of amides is 1. The summed E-state index contributed by atoms with van der Waals surface area (Å²) in [6, 6.07) is 17.1. The molecule has 4 aromatic rings. The molecule has 2 aromatic heterocycles. The molecule has 2 N–H and O–H groups in total. The Hall–Kier alpha value is -3.96. The van der Waals surface area contributed by atoms with Gasteiger partial charge in [-0.1, -0.05) is 58.0 Å². The van der Waals surface area contributed by atoms with E-state index in [1.54, 1.807) is 25.1 Å². The number of fused-ring (bicyclic) bond motifs is 2. The molecule has 0 aliphatic heterocycles. The molecule has 1 aliphatic carbocycles. The van der Waals surface area contributed by atoms with Gasteiger partial charge in [0.1, 0.15) is 16.9 Å². The Bertz CT molecular complexity index is 1570. The van der Waals surface area contributed by atoms with Gasteiger partial charge in [0.2, 0.25) is 0 Å². The normalized spacial score (nSPS) is 15.8. The predicted molar refractivity (Wildman–Crippen MR) is 154 cm³/mol. The first-order valence-electron chi connectivity index (χ1n) is 13.3. The zero-order chi connectivity index (χ0) is 27.7. The van der Waals surface area contributed by atoms with Crippen LogP contribution >= 0.6 is 11.3 Å². The van der Waals surface area contributed by atoms with E-state index in [1.807, 2.05) is 30.3 Å². The molecule has 2 atom stereocenters. The standard InChI is InChI=1S/C31H32N4O3S/c1-5-25(28(36)35-29-22(17-32)21-13-12-20(31(2,3)4)16-26(21)39-29)38-30(37)19-11-14-23-24(15-19)34-27(33-23)18-9-7-6-8-10-18/h6-11,14-15,20,25H,5,12-13,16H2,1-4H3,(H,33,34)(H,35,36). The number of carbonyl (C=O) groups excluding carboxylic acids is 2. The molecule has 5 rings (SSSR count). The highest BCUT2D eigenvalue weighted by atomic mass is 32.1. The third-order valence-corrected chi connectivity index (χ3v) is 8.69. The molecular formula is C31H32N4O3S. The number of nitrogens with one attached hydrogen (secondary N) is 2. The van der Waals surface area contributed by atoms with Crippen molar-refractivity contribution in [1.82, 2.24) is 9.97 Å². The van der Waals surface area contributed by atoms with Gasteiger partial charge >= 0.3 is 5.97 Å². The van der Waals surface area contributed by atoms with Crippen LogP contribution in [-0.4, -0.2) is 27.9 Å². The van der Waals surface area contributed by atoms with Crippen molar-refractivity contribution in [2.45, 2.75) is 59.5 Å². The number of nitrogens with zero attached hydrogens (tertiary/aromatic N) is 2. The highest BCUT2D eigenvalue weighted by molar-refractivity contribution is 7.16. The van der Waals surface area contributed by atoms with Crippen LogP contribution in [0.15, 0.2) is 48.5 Å². The molecule has 0 bridgehead atoms. The summed E-state index contributed by atoms with van der Waals surface area (Å²) < 4.78 is 5.63. The number of thiophene rings is 1. The summed E-state index contributed by atoms with van der Waals surface area (Å²) in [7, 11) is 0. The van der Waals surface area contributed by atoms with Gasteiger partial charge in [-0.3, -0.25) is 4.79 Å². The van der Waals surface area contributed by atoms with Gasteiger partial charge in [-0.2, -0.15) is 5.26 Å². The molecule has 1 aliphatic rings. The SMILES string of the molecule is CCC(OC(=O)c1ccc2nc(-c3ccccc3)[nH]c2c1)C(=O)Nc1sc2c(c1C#N)CCC(C(C)(C)C)C2. The summed E-state index contributed by atoms with van der Waals surface area (Å²) in [6.07, 6.45) is 2.09. The summed E-state index contributed by atoms with van der Waals surface area (Å²) in [6.45, 7) is 8.53. The number of carbonyl (C=O) groups is 2. The second kappa shape index (κ2) is 10.7. The third-order valence-electron chi connectivity index (χ3n) is 7.52. The zero-order valence-corrected chi connectivity index (χ0v) is 23.4. The number of hydrogen-bond acceptors (Lipinski definition) is 6. The van der Waals surface area contributed by atoms with E-state index in [1.165, 1.54) is 16.2 Å². The average Bonchev–Trinajstić information content (AvgIpc) is 3.51. The lowest BCUT2D eigenvalue weighted by Crippen LogP contribution is -2.32. The molecule has 2 unspecified atom stereocenters. The fourth-order valence-corrected chi connectivity index (χ4v) is 6.39. The van der Waals surface area contributed by atoms with Crippen molar-refractivity contribution >= 4 is 39.2 Å². The van der Waals surface area contributed by atoms with Crippen LogP contribution in [0.3, 0.4) is 0 Å². The Morgan fingerprint density at radius 2 is 2.00 bits per heavy atom. The van der Waals surface area contributed by atoms with E-state index in [2.05, 4.69) is 42.1 Å². The molecule has 0 saturated carbocycles. The third kappa shape index (κ3) is 5.45. The first-order chi connectivity index (χ1) is 18.7. The van der Waals surface area contributed by atoms with Crippen molar-refractivity contribution in [3.8, 4) is 17.5 Å². The number of ether oxygens (including phenoxy) is 1. The number of nitriles is 1. The molecule has 39 heavy (non-hydrogen) atoms. The zero-order valence-electron chi connectivity index (χ0n) is 22.6. The van der Waals surface area contributed by atoms with E-state index in [0.717, 1.165) is 35.9 Å². The number of rotatable bonds is 6. The van der Waals surface area contributed by atoms with E-state index < -0.39 is 18.0 Å². The lowest BCUT2D eigenvalue weighted by Gasteiger charge is -2.33. The second-order valence-corrected chi connectivity index (χ2v) is 12.2. The maximum absolute atomic E-state index is 13.2. The van der Waals surface area contributed by atoms with Crippen LogP contribution < -0.4 is 5.32 Å². The Kier molecular flexibility index (Phi) is 7.28. The van der Waals surface area contributed by atoms with Crippen LogP contribution in [0.25, 0.3) is 22.4 Å². The summed E-state index contributed by atoms with van der Waals surface area (Å²) >= 11 is 1.47. The summed E-state index contributed by atoms with van der Waals surface area (Å²) in [5, 5.41) is 13.3. The smallest absolute Gasteiger partial charge is 0.338 e. The van der Waals surface area contributed by atoms with E-state index in [0.29, 0.717) is 39.8 Å². The van der Waals surface area contributed by atoms with Crippen LogP contribution in [0.2, 0.25) is 0 Å². The molecule has 8 heteroatoms. The van der Waals surface area contributed by atoms with Crippen molar-refractivity contribution < 1.29 is 14.3 Å². The molecule has 0 fully saturated rings. The van der Waals surface area contributed by atoms with Gasteiger partial charge in [0.15, 0.2) is 6.10 Å². The molecule has 200 valence electrons. The topological polar surface area (TPSA) is 108 Å². The largest absolute Gasteiger partial charge is 0.449 e. The molecule has 0 radical (unpaired) electrons. The maximum Gasteiger partial charge on any atom is 0.338 e. The minimum atomic E-state index is -0.983. The van der Waals surface area contributed by atoms with E-state index >= 15 is 0 Å². The average molecular weight is 541 g/mol. The van der Waals surface area contributed by atoms with Gasteiger partial charge < -0.3 is 15.0 Å². The molecule has 1 amide bonds. The van der Waals surface area contributed by atoms with E-state index in [-0.39, 0.29) is 5.41 Å². The van der Waals surface area contributed by atoms with Crippen molar-refractivity contribution in [1.29, 1.82) is 5.26 Å². The maximum atomic E-state index is 13.2. The molecule has 7 nitrogen and oxygen atoms in total. The fourth-order valence-electron chi connectivity index (χ4n) is 5.11. The summed E-state index contributed by atoms with van der Waals surface area (Å²) in [4.78, 5) is 35.2. The van der Waals surface area contributed by atoms with Gasteiger partial charge in [0.05, 0.1) is 22.2 Å².